The number of nitrogens with one attached hydrogen (secondary N) is 1. The van der Waals surface area contributed by atoms with Crippen molar-refractivity contribution in [2.24, 2.45) is 10.9 Å². The number of nitrogens with zero attached hydrogens (tertiary/aromatic N) is 2. The molecule has 1 unspecified atom stereocenters. The number of aliphatic hydroxyl groups excluding tert-OH is 1. The number of aliphatic imine (C=N–C) groups is 1. The number of hydrogen-bond acceptors (Lipinski definition) is 5. The summed E-state index contributed by atoms with van der Waals surface area (Å²) in [5.41, 5.74) is 1.05. The van der Waals surface area contributed by atoms with Gasteiger partial charge in [-0.05, 0) is 30.7 Å². The highest BCUT2D eigenvalue weighted by molar-refractivity contribution is 5.91. The Morgan fingerprint density at radius 1 is 1.25 bits per heavy atom. The van der Waals surface area contributed by atoms with E-state index in [1.807, 2.05) is 44.2 Å². The molecule has 154 valence electrons. The van der Waals surface area contributed by atoms with Crippen LogP contribution in [0.5, 0.6) is 0 Å². The largest absolute Gasteiger partial charge is 0.477 e. The molecule has 0 aliphatic carbocycles. The van der Waals surface area contributed by atoms with E-state index in [9.17, 15) is 19.8 Å². The Kier molecular flexibility index (Phi) is 8.25. The van der Waals surface area contributed by atoms with E-state index in [4.69, 9.17) is 4.74 Å². The molecule has 3 amide bonds. The number of carbonyl (C=O) groups is 2. The van der Waals surface area contributed by atoms with Crippen LogP contribution in [0, 0.1) is 5.92 Å². The molecule has 8 nitrogen and oxygen atoms in total. The first-order chi connectivity index (χ1) is 13.4. The van der Waals surface area contributed by atoms with Gasteiger partial charge in [-0.1, -0.05) is 44.2 Å². The molecule has 0 saturated heterocycles. The number of aryl methyl sites for hydroxylation is 1. The lowest BCUT2D eigenvalue weighted by Gasteiger charge is -2.27. The molecule has 2 rings (SSSR count). The molecule has 1 aromatic carbocycles. The Labute approximate surface area is 165 Å². The Hall–Kier alpha value is -2.61. The van der Waals surface area contributed by atoms with Crippen LogP contribution >= 0.6 is 0 Å². The van der Waals surface area contributed by atoms with Crippen LogP contribution in [0.1, 0.15) is 32.3 Å². The average molecular weight is 391 g/mol. The molecule has 1 aliphatic rings. The van der Waals surface area contributed by atoms with Gasteiger partial charge < -0.3 is 20.3 Å². The zero-order valence-electron chi connectivity index (χ0n) is 16.4. The fraction of sp³-hybridized carbons (Fsp3) is 0.550. The molecule has 28 heavy (non-hydrogen) atoms. The molecular weight excluding hydrogens is 362 g/mol. The highest BCUT2D eigenvalue weighted by Gasteiger charge is 2.31. The lowest BCUT2D eigenvalue weighted by atomic mass is 10.0. The molecule has 0 spiro atoms. The van der Waals surface area contributed by atoms with E-state index in [-0.39, 0.29) is 18.4 Å². The lowest BCUT2D eigenvalue weighted by Crippen LogP contribution is -2.53. The van der Waals surface area contributed by atoms with Crippen LogP contribution < -0.4 is 5.32 Å². The van der Waals surface area contributed by atoms with Gasteiger partial charge in [0.15, 0.2) is 0 Å². The van der Waals surface area contributed by atoms with Crippen LogP contribution in [0.15, 0.2) is 35.3 Å². The van der Waals surface area contributed by atoms with E-state index in [0.29, 0.717) is 32.4 Å². The zero-order valence-corrected chi connectivity index (χ0v) is 16.4. The molecule has 1 heterocycles. The van der Waals surface area contributed by atoms with Crippen molar-refractivity contribution in [2.45, 2.75) is 45.3 Å². The maximum Gasteiger partial charge on any atom is 0.415 e. The normalized spacial score (nSPS) is 15.5. The number of benzene rings is 1. The number of aliphatic hydroxyl groups is 1. The standard InChI is InChI=1S/C20H29N3O5/c1-14(2)10-12-23(20(26)27)19(25)22-16(17(24)18-21-11-13-28-18)9-8-15-6-4-3-5-7-15/h3-7,14,16-17,24H,8-13H2,1-2H3,(H,22,25)(H,26,27)/t16-,17?/m0/s1. The highest BCUT2D eigenvalue weighted by atomic mass is 16.5. The summed E-state index contributed by atoms with van der Waals surface area (Å²) in [7, 11) is 0. The van der Waals surface area contributed by atoms with Gasteiger partial charge in [0.05, 0.1) is 12.6 Å². The van der Waals surface area contributed by atoms with Gasteiger partial charge in [-0.25, -0.2) is 19.5 Å². The summed E-state index contributed by atoms with van der Waals surface area (Å²) in [5, 5.41) is 22.7. The minimum absolute atomic E-state index is 0.0950. The quantitative estimate of drug-likeness (QED) is 0.599. The van der Waals surface area contributed by atoms with Gasteiger partial charge in [0.1, 0.15) is 12.7 Å². The first-order valence-electron chi connectivity index (χ1n) is 9.58. The summed E-state index contributed by atoms with van der Waals surface area (Å²) in [4.78, 5) is 28.9. The fourth-order valence-electron chi connectivity index (χ4n) is 2.89. The van der Waals surface area contributed by atoms with Crippen LogP contribution in [0.3, 0.4) is 0 Å². The van der Waals surface area contributed by atoms with Gasteiger partial charge in [0.25, 0.3) is 0 Å². The molecule has 0 aromatic heterocycles. The Morgan fingerprint density at radius 3 is 2.54 bits per heavy atom. The van der Waals surface area contributed by atoms with Crippen LogP contribution in [0.2, 0.25) is 0 Å². The number of urea groups is 1. The van der Waals surface area contributed by atoms with Crippen LogP contribution in [0.4, 0.5) is 9.59 Å². The van der Waals surface area contributed by atoms with Gasteiger partial charge in [0.2, 0.25) is 5.90 Å². The van der Waals surface area contributed by atoms with Crippen molar-refractivity contribution in [3.63, 3.8) is 0 Å². The van der Waals surface area contributed by atoms with Crippen molar-refractivity contribution in [2.75, 3.05) is 19.7 Å². The summed E-state index contributed by atoms with van der Waals surface area (Å²) in [6.07, 6.45) is -0.862. The summed E-state index contributed by atoms with van der Waals surface area (Å²) < 4.78 is 5.33. The van der Waals surface area contributed by atoms with Crippen LogP contribution in [-0.4, -0.2) is 65.0 Å². The van der Waals surface area contributed by atoms with E-state index in [0.717, 1.165) is 10.5 Å². The summed E-state index contributed by atoms with van der Waals surface area (Å²) in [6.45, 7) is 4.86. The average Bonchev–Trinajstić information content (AvgIpc) is 3.19. The second-order valence-electron chi connectivity index (χ2n) is 7.21. The smallest absolute Gasteiger partial charge is 0.415 e. The van der Waals surface area contributed by atoms with Crippen molar-refractivity contribution < 1.29 is 24.5 Å². The van der Waals surface area contributed by atoms with Crippen molar-refractivity contribution in [3.05, 3.63) is 35.9 Å². The van der Waals surface area contributed by atoms with E-state index in [1.54, 1.807) is 0 Å². The number of rotatable bonds is 9. The number of amides is 3. The molecule has 1 aliphatic heterocycles. The number of carbonyl (C=O) groups excluding carboxylic acids is 1. The predicted molar refractivity (Wildman–Crippen MR) is 106 cm³/mol. The second kappa shape index (κ2) is 10.7. The number of imide groups is 1. The zero-order chi connectivity index (χ0) is 20.5. The molecule has 3 N–H and O–H groups in total. The van der Waals surface area contributed by atoms with E-state index in [1.165, 1.54) is 0 Å². The first-order valence-corrected chi connectivity index (χ1v) is 9.58. The van der Waals surface area contributed by atoms with E-state index < -0.39 is 24.3 Å². The summed E-state index contributed by atoms with van der Waals surface area (Å²) >= 11 is 0. The Bertz CT molecular complexity index is 678. The second-order valence-corrected chi connectivity index (χ2v) is 7.21. The van der Waals surface area contributed by atoms with Gasteiger partial charge in [-0.2, -0.15) is 0 Å². The third-order valence-corrected chi connectivity index (χ3v) is 4.54. The Morgan fingerprint density at radius 2 is 1.96 bits per heavy atom. The molecule has 0 radical (unpaired) electrons. The number of hydrogen-bond donors (Lipinski definition) is 3. The molecule has 0 fully saturated rings. The van der Waals surface area contributed by atoms with Gasteiger partial charge in [0, 0.05) is 6.54 Å². The van der Waals surface area contributed by atoms with Crippen molar-refractivity contribution in [3.8, 4) is 0 Å². The summed E-state index contributed by atoms with van der Waals surface area (Å²) in [6, 6.07) is 8.21. The third-order valence-electron chi connectivity index (χ3n) is 4.54. The van der Waals surface area contributed by atoms with E-state index >= 15 is 0 Å². The molecule has 1 aromatic rings. The van der Waals surface area contributed by atoms with Gasteiger partial charge in [-0.3, -0.25) is 0 Å². The maximum atomic E-state index is 12.6. The Balaban J connectivity index is 2.08. The maximum absolute atomic E-state index is 12.6. The van der Waals surface area contributed by atoms with Crippen molar-refractivity contribution in [1.29, 1.82) is 0 Å². The molecule has 8 heteroatoms. The van der Waals surface area contributed by atoms with Crippen LogP contribution in [0.25, 0.3) is 0 Å². The lowest BCUT2D eigenvalue weighted by molar-refractivity contribution is 0.130. The van der Waals surface area contributed by atoms with Crippen molar-refractivity contribution >= 4 is 18.0 Å². The molecular formula is C20H29N3O5. The monoisotopic (exact) mass is 391 g/mol. The SMILES string of the molecule is CC(C)CCN(C(=O)O)C(=O)N[C@@H](CCc1ccccc1)C(O)C1=NCCO1. The van der Waals surface area contributed by atoms with Crippen molar-refractivity contribution in [1.82, 2.24) is 10.2 Å². The molecule has 0 saturated carbocycles. The van der Waals surface area contributed by atoms with E-state index in [2.05, 4.69) is 10.3 Å². The minimum atomic E-state index is -1.32. The topological polar surface area (TPSA) is 111 Å². The highest BCUT2D eigenvalue weighted by Crippen LogP contribution is 2.13. The number of carboxylic acid groups (broad SMARTS) is 1. The predicted octanol–water partition coefficient (Wildman–Crippen LogP) is 2.51. The number of ether oxygens (including phenoxy) is 1. The van der Waals surface area contributed by atoms with Gasteiger partial charge in [-0.15, -0.1) is 0 Å². The fourth-order valence-corrected chi connectivity index (χ4v) is 2.89. The first kappa shape index (κ1) is 21.7. The summed E-state index contributed by atoms with van der Waals surface area (Å²) in [5.74, 6) is 0.442. The molecule has 2 atom stereocenters. The minimum Gasteiger partial charge on any atom is -0.477 e. The van der Waals surface area contributed by atoms with Gasteiger partial charge >= 0.3 is 12.1 Å². The van der Waals surface area contributed by atoms with Crippen LogP contribution in [-0.2, 0) is 11.2 Å². The third kappa shape index (κ3) is 6.53. The molecule has 0 bridgehead atoms.